The number of rotatable bonds is 5. The highest BCUT2D eigenvalue weighted by atomic mass is 35.5. The normalized spacial score (nSPS) is 10.8. The summed E-state index contributed by atoms with van der Waals surface area (Å²) in [4.78, 5) is 12.3. The number of nitrogens with one attached hydrogen (secondary N) is 1. The van der Waals surface area contributed by atoms with Crippen molar-refractivity contribution in [3.8, 4) is 11.4 Å². The van der Waals surface area contributed by atoms with E-state index in [1.165, 1.54) is 11.8 Å². The molecule has 0 aliphatic rings. The number of carbonyl (C=O) groups excluding carboxylic acids is 1. The number of anilines is 1. The van der Waals surface area contributed by atoms with Crippen molar-refractivity contribution in [3.63, 3.8) is 0 Å². The molecule has 0 aliphatic heterocycles. The molecule has 1 N–H and O–H groups in total. The van der Waals surface area contributed by atoms with Gasteiger partial charge in [-0.05, 0) is 49.2 Å². The van der Waals surface area contributed by atoms with Gasteiger partial charge < -0.3 is 9.88 Å². The third-order valence-corrected chi connectivity index (χ3v) is 5.29. The molecule has 3 aromatic rings. The number of para-hydroxylation sites is 1. The molecule has 0 fully saturated rings. The van der Waals surface area contributed by atoms with Gasteiger partial charge in [-0.25, -0.2) is 0 Å². The summed E-state index contributed by atoms with van der Waals surface area (Å²) in [5, 5.41) is 12.8. The van der Waals surface area contributed by atoms with Crippen molar-refractivity contribution in [1.29, 1.82) is 0 Å². The minimum Gasteiger partial charge on any atom is -0.325 e. The van der Waals surface area contributed by atoms with Crippen molar-refractivity contribution >= 4 is 35.0 Å². The van der Waals surface area contributed by atoms with Crippen LogP contribution in [0.25, 0.3) is 11.4 Å². The Morgan fingerprint density at radius 1 is 1.12 bits per heavy atom. The Labute approximate surface area is 161 Å². The third-order valence-electron chi connectivity index (χ3n) is 4.02. The van der Waals surface area contributed by atoms with Crippen LogP contribution in [-0.4, -0.2) is 26.4 Å². The zero-order valence-electron chi connectivity index (χ0n) is 14.8. The minimum absolute atomic E-state index is 0.0663. The third kappa shape index (κ3) is 4.08. The van der Waals surface area contributed by atoms with Crippen molar-refractivity contribution in [2.24, 2.45) is 7.05 Å². The topological polar surface area (TPSA) is 59.8 Å². The summed E-state index contributed by atoms with van der Waals surface area (Å²) in [6.45, 7) is 3.97. The molecule has 0 saturated heterocycles. The van der Waals surface area contributed by atoms with E-state index >= 15 is 0 Å². The lowest BCUT2D eigenvalue weighted by Gasteiger charge is -2.11. The smallest absolute Gasteiger partial charge is 0.234 e. The largest absolute Gasteiger partial charge is 0.325 e. The number of thioether (sulfide) groups is 1. The Morgan fingerprint density at radius 3 is 2.42 bits per heavy atom. The number of hydrogen-bond acceptors (Lipinski definition) is 4. The lowest BCUT2D eigenvalue weighted by atomic mass is 10.1. The monoisotopic (exact) mass is 386 g/mol. The fourth-order valence-electron chi connectivity index (χ4n) is 2.61. The number of nitrogens with zero attached hydrogens (tertiary/aromatic N) is 3. The zero-order chi connectivity index (χ0) is 18.7. The molecular formula is C19H19ClN4OS. The SMILES string of the molecule is Cc1cccc(C)c1NC(=O)CSc1nnc(-c2ccc(Cl)cc2)n1C. The first-order chi connectivity index (χ1) is 12.5. The standard InChI is InChI=1S/C19H19ClN4OS/c1-12-5-4-6-13(2)17(12)21-16(25)11-26-19-23-22-18(24(19)3)14-7-9-15(20)10-8-14/h4-10H,11H2,1-3H3,(H,21,25). The minimum atomic E-state index is -0.0663. The molecule has 0 radical (unpaired) electrons. The highest BCUT2D eigenvalue weighted by Gasteiger charge is 2.14. The van der Waals surface area contributed by atoms with Gasteiger partial charge in [-0.2, -0.15) is 0 Å². The maximum absolute atomic E-state index is 12.3. The fourth-order valence-corrected chi connectivity index (χ4v) is 3.45. The quantitative estimate of drug-likeness (QED) is 0.656. The van der Waals surface area contributed by atoms with E-state index in [0.717, 1.165) is 28.2 Å². The van der Waals surface area contributed by atoms with E-state index in [1.807, 2.05) is 67.9 Å². The average Bonchev–Trinajstić information content (AvgIpc) is 2.98. The Balaban J connectivity index is 1.67. The number of amides is 1. The zero-order valence-corrected chi connectivity index (χ0v) is 16.4. The van der Waals surface area contributed by atoms with Gasteiger partial charge in [0.05, 0.1) is 5.75 Å². The summed E-state index contributed by atoms with van der Waals surface area (Å²) in [5.74, 6) is 0.933. The molecule has 1 heterocycles. The van der Waals surface area contributed by atoms with Crippen LogP contribution in [-0.2, 0) is 11.8 Å². The van der Waals surface area contributed by atoms with Gasteiger partial charge in [-0.3, -0.25) is 4.79 Å². The summed E-state index contributed by atoms with van der Waals surface area (Å²) >= 11 is 7.28. The first-order valence-corrected chi connectivity index (χ1v) is 9.46. The molecule has 0 spiro atoms. The second-order valence-electron chi connectivity index (χ2n) is 5.98. The highest BCUT2D eigenvalue weighted by molar-refractivity contribution is 7.99. The Kier molecular flexibility index (Phi) is 5.64. The van der Waals surface area contributed by atoms with Crippen molar-refractivity contribution in [2.45, 2.75) is 19.0 Å². The van der Waals surface area contributed by atoms with Crippen molar-refractivity contribution in [2.75, 3.05) is 11.1 Å². The Bertz CT molecular complexity index is 917. The first kappa shape index (κ1) is 18.5. The number of hydrogen-bond donors (Lipinski definition) is 1. The van der Waals surface area contributed by atoms with E-state index in [0.29, 0.717) is 10.2 Å². The molecule has 26 heavy (non-hydrogen) atoms. The molecule has 3 rings (SSSR count). The molecule has 0 bridgehead atoms. The summed E-state index contributed by atoms with van der Waals surface area (Å²) in [7, 11) is 1.88. The van der Waals surface area contributed by atoms with Crippen molar-refractivity contribution in [1.82, 2.24) is 14.8 Å². The molecule has 0 saturated carbocycles. The van der Waals surface area contributed by atoms with Gasteiger partial charge in [0.2, 0.25) is 5.91 Å². The fraction of sp³-hybridized carbons (Fsp3) is 0.211. The number of aryl methyl sites for hydroxylation is 2. The first-order valence-electron chi connectivity index (χ1n) is 8.10. The van der Waals surface area contributed by atoms with Crippen LogP contribution in [0.15, 0.2) is 47.6 Å². The van der Waals surface area contributed by atoms with Crippen LogP contribution >= 0.6 is 23.4 Å². The van der Waals surface area contributed by atoms with Crippen LogP contribution in [0.1, 0.15) is 11.1 Å². The molecule has 0 atom stereocenters. The predicted molar refractivity (Wildman–Crippen MR) is 107 cm³/mol. The Hall–Kier alpha value is -2.31. The Morgan fingerprint density at radius 2 is 1.77 bits per heavy atom. The van der Waals surface area contributed by atoms with Gasteiger partial charge in [0.15, 0.2) is 11.0 Å². The van der Waals surface area contributed by atoms with Crippen LogP contribution in [0.5, 0.6) is 0 Å². The van der Waals surface area contributed by atoms with Gasteiger partial charge in [-0.15, -0.1) is 10.2 Å². The highest BCUT2D eigenvalue weighted by Crippen LogP contribution is 2.24. The number of aromatic nitrogens is 3. The second-order valence-corrected chi connectivity index (χ2v) is 7.35. The molecular weight excluding hydrogens is 368 g/mol. The average molecular weight is 387 g/mol. The molecule has 134 valence electrons. The maximum atomic E-state index is 12.3. The molecule has 0 aliphatic carbocycles. The van der Waals surface area contributed by atoms with E-state index in [1.54, 1.807) is 0 Å². The predicted octanol–water partition coefficient (Wildman–Crippen LogP) is 4.48. The summed E-state index contributed by atoms with van der Waals surface area (Å²) < 4.78 is 1.88. The molecule has 2 aromatic carbocycles. The van der Waals surface area contributed by atoms with Gasteiger partial charge in [0.1, 0.15) is 0 Å². The van der Waals surface area contributed by atoms with Gasteiger partial charge in [-0.1, -0.05) is 41.6 Å². The summed E-state index contributed by atoms with van der Waals surface area (Å²) in [6.07, 6.45) is 0. The lowest BCUT2D eigenvalue weighted by Crippen LogP contribution is -2.16. The van der Waals surface area contributed by atoms with Crippen LogP contribution < -0.4 is 5.32 Å². The van der Waals surface area contributed by atoms with E-state index < -0.39 is 0 Å². The van der Waals surface area contributed by atoms with E-state index in [9.17, 15) is 4.79 Å². The molecule has 5 nitrogen and oxygen atoms in total. The van der Waals surface area contributed by atoms with Gasteiger partial charge in [0.25, 0.3) is 0 Å². The lowest BCUT2D eigenvalue weighted by molar-refractivity contribution is -0.113. The number of benzene rings is 2. The van der Waals surface area contributed by atoms with Crippen LogP contribution in [0.3, 0.4) is 0 Å². The molecule has 1 aromatic heterocycles. The van der Waals surface area contributed by atoms with Gasteiger partial charge >= 0.3 is 0 Å². The van der Waals surface area contributed by atoms with Crippen molar-refractivity contribution in [3.05, 3.63) is 58.6 Å². The van der Waals surface area contributed by atoms with Crippen molar-refractivity contribution < 1.29 is 4.79 Å². The number of halogens is 1. The van der Waals surface area contributed by atoms with Crippen LogP contribution in [0.2, 0.25) is 5.02 Å². The van der Waals surface area contributed by atoms with Crippen LogP contribution in [0.4, 0.5) is 5.69 Å². The van der Waals surface area contributed by atoms with Crippen LogP contribution in [0, 0.1) is 13.8 Å². The molecule has 7 heteroatoms. The maximum Gasteiger partial charge on any atom is 0.234 e. The molecule has 0 unspecified atom stereocenters. The number of carbonyl (C=O) groups is 1. The van der Waals surface area contributed by atoms with E-state index in [-0.39, 0.29) is 11.7 Å². The van der Waals surface area contributed by atoms with E-state index in [4.69, 9.17) is 11.6 Å². The molecule has 1 amide bonds. The second kappa shape index (κ2) is 7.93. The van der Waals surface area contributed by atoms with Gasteiger partial charge in [0, 0.05) is 23.3 Å². The summed E-state index contributed by atoms with van der Waals surface area (Å²) in [5.41, 5.74) is 3.90. The summed E-state index contributed by atoms with van der Waals surface area (Å²) in [6, 6.07) is 13.4. The van der Waals surface area contributed by atoms with E-state index in [2.05, 4.69) is 15.5 Å².